The predicted octanol–water partition coefficient (Wildman–Crippen LogP) is 2.54. The number of amides is 3. The average Bonchev–Trinajstić information content (AvgIpc) is 3.35. The number of methoxy groups -OCH3 is 1. The third kappa shape index (κ3) is 2.96. The molecular formula is C20H25N3O5. The third-order valence-electron chi connectivity index (χ3n) is 6.38. The van der Waals surface area contributed by atoms with E-state index in [4.69, 9.17) is 4.74 Å². The lowest BCUT2D eigenvalue weighted by molar-refractivity contribution is -0.149. The molecule has 0 spiro atoms. The van der Waals surface area contributed by atoms with Crippen molar-refractivity contribution in [2.45, 2.75) is 32.1 Å². The Bertz CT molecular complexity index is 826. The lowest BCUT2D eigenvalue weighted by Crippen LogP contribution is -2.38. The van der Waals surface area contributed by atoms with Crippen LogP contribution in [0.2, 0.25) is 0 Å². The van der Waals surface area contributed by atoms with Crippen LogP contribution >= 0.6 is 0 Å². The molecule has 150 valence electrons. The molecule has 1 aromatic rings. The summed E-state index contributed by atoms with van der Waals surface area (Å²) >= 11 is 0. The van der Waals surface area contributed by atoms with Crippen LogP contribution in [0.1, 0.15) is 32.1 Å². The van der Waals surface area contributed by atoms with Crippen LogP contribution in [0, 0.1) is 11.3 Å². The van der Waals surface area contributed by atoms with Gasteiger partial charge in [-0.1, -0.05) is 6.42 Å². The number of carbonyl (C=O) groups is 3. The normalized spacial score (nSPS) is 26.5. The van der Waals surface area contributed by atoms with Crippen molar-refractivity contribution in [1.29, 1.82) is 0 Å². The fraction of sp³-hybridized carbons (Fsp3) is 0.550. The van der Waals surface area contributed by atoms with Crippen LogP contribution in [0.5, 0.6) is 5.75 Å². The molecule has 1 aromatic carbocycles. The van der Waals surface area contributed by atoms with Gasteiger partial charge in [-0.3, -0.25) is 9.59 Å². The van der Waals surface area contributed by atoms with Gasteiger partial charge in [0.05, 0.1) is 18.2 Å². The van der Waals surface area contributed by atoms with Crippen molar-refractivity contribution in [2.75, 3.05) is 37.0 Å². The number of aliphatic carboxylic acids is 1. The number of benzene rings is 1. The predicted molar refractivity (Wildman–Crippen MR) is 103 cm³/mol. The second-order valence-corrected chi connectivity index (χ2v) is 7.90. The number of nitrogens with zero attached hydrogens (tertiary/aromatic N) is 2. The van der Waals surface area contributed by atoms with E-state index < -0.39 is 11.4 Å². The summed E-state index contributed by atoms with van der Waals surface area (Å²) in [4.78, 5) is 39.8. The van der Waals surface area contributed by atoms with Gasteiger partial charge in [0.1, 0.15) is 5.75 Å². The molecule has 8 nitrogen and oxygen atoms in total. The van der Waals surface area contributed by atoms with Gasteiger partial charge in [0.15, 0.2) is 0 Å². The van der Waals surface area contributed by atoms with E-state index in [0.717, 1.165) is 19.3 Å². The van der Waals surface area contributed by atoms with Crippen LogP contribution in [0.25, 0.3) is 0 Å². The lowest BCUT2D eigenvalue weighted by Gasteiger charge is -2.23. The quantitative estimate of drug-likeness (QED) is 0.827. The number of fused-ring (bicyclic) bond motifs is 1. The van der Waals surface area contributed by atoms with Crippen molar-refractivity contribution >= 4 is 29.3 Å². The number of nitrogens with one attached hydrogen (secondary N) is 1. The van der Waals surface area contributed by atoms with Crippen LogP contribution in [0.15, 0.2) is 18.2 Å². The first kappa shape index (κ1) is 18.6. The number of rotatable bonds is 4. The summed E-state index contributed by atoms with van der Waals surface area (Å²) in [6.07, 6.45) is 3.73. The number of anilines is 2. The van der Waals surface area contributed by atoms with Crippen molar-refractivity contribution in [3.63, 3.8) is 0 Å². The van der Waals surface area contributed by atoms with Crippen LogP contribution < -0.4 is 15.0 Å². The standard InChI is InChI=1S/C20H25N3O5/c1-28-16-10-14(6-7-15(16)23-9-3-5-17(23)24)21-19(27)22-11-13-4-2-8-20(13,12-22)18(25)26/h6-7,10,13H,2-5,8-9,11-12H2,1H3,(H,21,27)(H,25,26)/t13-,20+/m0/s1. The van der Waals surface area contributed by atoms with Gasteiger partial charge in [0, 0.05) is 37.8 Å². The fourth-order valence-corrected chi connectivity index (χ4v) is 4.88. The zero-order valence-electron chi connectivity index (χ0n) is 15.9. The molecule has 0 radical (unpaired) electrons. The topological polar surface area (TPSA) is 99.2 Å². The van der Waals surface area contributed by atoms with E-state index in [2.05, 4.69) is 5.32 Å². The number of carboxylic acids is 1. The minimum absolute atomic E-state index is 0.0221. The molecule has 8 heteroatoms. The molecule has 28 heavy (non-hydrogen) atoms. The smallest absolute Gasteiger partial charge is 0.321 e. The number of ether oxygens (including phenoxy) is 1. The molecule has 0 bridgehead atoms. The summed E-state index contributed by atoms with van der Waals surface area (Å²) in [7, 11) is 1.53. The molecule has 0 unspecified atom stereocenters. The third-order valence-corrected chi connectivity index (χ3v) is 6.38. The number of hydrogen-bond acceptors (Lipinski definition) is 4. The monoisotopic (exact) mass is 387 g/mol. The van der Waals surface area contributed by atoms with Gasteiger partial charge in [0.2, 0.25) is 5.91 Å². The first-order chi connectivity index (χ1) is 13.4. The maximum absolute atomic E-state index is 12.7. The molecule has 2 saturated heterocycles. The van der Waals surface area contributed by atoms with Gasteiger partial charge < -0.3 is 25.0 Å². The van der Waals surface area contributed by atoms with Crippen LogP contribution in [-0.2, 0) is 9.59 Å². The number of carboxylic acid groups (broad SMARTS) is 1. The van der Waals surface area contributed by atoms with E-state index >= 15 is 0 Å². The van der Waals surface area contributed by atoms with E-state index in [9.17, 15) is 19.5 Å². The molecule has 1 saturated carbocycles. The molecule has 0 aromatic heterocycles. The SMILES string of the molecule is COc1cc(NC(=O)N2C[C@@H]3CCC[C@@]3(C(=O)O)C2)ccc1N1CCCC1=O. The molecule has 3 fully saturated rings. The van der Waals surface area contributed by atoms with Crippen molar-refractivity contribution in [1.82, 2.24) is 4.90 Å². The van der Waals surface area contributed by atoms with Crippen molar-refractivity contribution in [2.24, 2.45) is 11.3 Å². The molecule has 2 heterocycles. The summed E-state index contributed by atoms with van der Waals surface area (Å²) in [6, 6.07) is 4.91. The Morgan fingerprint density at radius 2 is 2.14 bits per heavy atom. The highest BCUT2D eigenvalue weighted by Gasteiger charge is 2.55. The van der Waals surface area contributed by atoms with Crippen LogP contribution in [0.4, 0.5) is 16.2 Å². The highest BCUT2D eigenvalue weighted by Crippen LogP contribution is 2.49. The summed E-state index contributed by atoms with van der Waals surface area (Å²) in [6.45, 7) is 1.37. The zero-order chi connectivity index (χ0) is 19.9. The number of urea groups is 1. The van der Waals surface area contributed by atoms with E-state index in [-0.39, 0.29) is 24.4 Å². The van der Waals surface area contributed by atoms with Gasteiger partial charge in [0.25, 0.3) is 0 Å². The summed E-state index contributed by atoms with van der Waals surface area (Å²) in [5.41, 5.74) is 0.455. The van der Waals surface area contributed by atoms with E-state index in [1.807, 2.05) is 0 Å². The van der Waals surface area contributed by atoms with Crippen molar-refractivity contribution in [3.8, 4) is 5.75 Å². The molecular weight excluding hydrogens is 362 g/mol. The Balaban J connectivity index is 1.48. The van der Waals surface area contributed by atoms with E-state index in [1.54, 1.807) is 28.0 Å². The van der Waals surface area contributed by atoms with Gasteiger partial charge in [-0.2, -0.15) is 0 Å². The van der Waals surface area contributed by atoms with Gasteiger partial charge in [-0.25, -0.2) is 4.79 Å². The number of likely N-dealkylation sites (tertiary alicyclic amines) is 1. The minimum atomic E-state index is -0.799. The molecule has 2 aliphatic heterocycles. The molecule has 2 N–H and O–H groups in total. The zero-order valence-corrected chi connectivity index (χ0v) is 15.9. The first-order valence-corrected chi connectivity index (χ1v) is 9.72. The largest absolute Gasteiger partial charge is 0.494 e. The Kier molecular flexibility index (Phi) is 4.64. The van der Waals surface area contributed by atoms with Crippen molar-refractivity contribution < 1.29 is 24.2 Å². The first-order valence-electron chi connectivity index (χ1n) is 9.72. The summed E-state index contributed by atoms with van der Waals surface area (Å²) < 4.78 is 5.43. The average molecular weight is 387 g/mol. The van der Waals surface area contributed by atoms with Gasteiger partial charge in [-0.15, -0.1) is 0 Å². The summed E-state index contributed by atoms with van der Waals surface area (Å²) in [5, 5.41) is 12.5. The van der Waals surface area contributed by atoms with E-state index in [0.29, 0.717) is 43.1 Å². The Morgan fingerprint density at radius 1 is 1.32 bits per heavy atom. The maximum atomic E-state index is 12.7. The van der Waals surface area contributed by atoms with E-state index in [1.165, 1.54) is 7.11 Å². The van der Waals surface area contributed by atoms with Gasteiger partial charge in [-0.05, 0) is 37.3 Å². The number of hydrogen-bond donors (Lipinski definition) is 2. The van der Waals surface area contributed by atoms with Gasteiger partial charge >= 0.3 is 12.0 Å². The highest BCUT2D eigenvalue weighted by molar-refractivity contribution is 5.98. The molecule has 3 aliphatic rings. The number of carbonyl (C=O) groups excluding carboxylic acids is 2. The van der Waals surface area contributed by atoms with Crippen LogP contribution in [0.3, 0.4) is 0 Å². The Labute approximate surface area is 163 Å². The summed E-state index contributed by atoms with van der Waals surface area (Å²) in [5.74, 6) is -0.188. The second kappa shape index (κ2) is 7.00. The van der Waals surface area contributed by atoms with Crippen LogP contribution in [-0.4, -0.2) is 54.7 Å². The second-order valence-electron chi connectivity index (χ2n) is 7.90. The van der Waals surface area contributed by atoms with Crippen molar-refractivity contribution in [3.05, 3.63) is 18.2 Å². The highest BCUT2D eigenvalue weighted by atomic mass is 16.5. The molecule has 2 atom stereocenters. The Morgan fingerprint density at radius 3 is 2.79 bits per heavy atom. The fourth-order valence-electron chi connectivity index (χ4n) is 4.88. The maximum Gasteiger partial charge on any atom is 0.321 e. The Hall–Kier alpha value is -2.77. The minimum Gasteiger partial charge on any atom is -0.494 e. The molecule has 4 rings (SSSR count). The molecule has 3 amide bonds. The molecule has 1 aliphatic carbocycles. The lowest BCUT2D eigenvalue weighted by atomic mass is 9.81.